The Morgan fingerprint density at radius 3 is 2.41 bits per heavy atom. The van der Waals surface area contributed by atoms with Crippen molar-refractivity contribution in [2.75, 3.05) is 26.3 Å². The molecule has 0 aromatic carbocycles. The highest BCUT2D eigenvalue weighted by Crippen LogP contribution is 2.25. The fourth-order valence-corrected chi connectivity index (χ4v) is 2.25. The summed E-state index contributed by atoms with van der Waals surface area (Å²) in [4.78, 5) is 13.8. The molecule has 94 valence electrons. The van der Waals surface area contributed by atoms with Gasteiger partial charge in [0.15, 0.2) is 5.76 Å². The number of amides is 1. The van der Waals surface area contributed by atoms with Crippen LogP contribution >= 0.6 is 0 Å². The summed E-state index contributed by atoms with van der Waals surface area (Å²) in [5.41, 5.74) is 0.808. The van der Waals surface area contributed by atoms with Crippen LogP contribution in [0, 0.1) is 18.8 Å². The molecule has 1 amide bonds. The van der Waals surface area contributed by atoms with E-state index in [0.29, 0.717) is 18.8 Å². The van der Waals surface area contributed by atoms with Crippen LogP contribution in [0.5, 0.6) is 0 Å². The minimum Gasteiger partial charge on any atom is -0.459 e. The lowest BCUT2D eigenvalue weighted by molar-refractivity contribution is 0.0745. The van der Waals surface area contributed by atoms with Gasteiger partial charge in [-0.3, -0.25) is 4.79 Å². The van der Waals surface area contributed by atoms with Gasteiger partial charge < -0.3 is 19.5 Å². The normalized spacial score (nSPS) is 24.3. The van der Waals surface area contributed by atoms with Crippen LogP contribution in [-0.2, 0) is 0 Å². The monoisotopic (exact) mass is 239 g/mol. The standard InChI is InChI=1S/C12H17NO4/c1-8-2-3-17-11(8)12(16)13-4-9(6-14)10(5-13)7-15/h2-3,9-10,14-15H,4-7H2,1H3/t9-,10-/m0/s1. The number of aryl methyl sites for hydroxylation is 1. The molecule has 5 nitrogen and oxygen atoms in total. The van der Waals surface area contributed by atoms with Gasteiger partial charge in [0.05, 0.1) is 6.26 Å². The third-order valence-corrected chi connectivity index (χ3v) is 3.39. The molecule has 0 unspecified atom stereocenters. The predicted octanol–water partition coefficient (Wildman–Crippen LogP) is 0.261. The Kier molecular flexibility index (Phi) is 3.49. The van der Waals surface area contributed by atoms with E-state index in [0.717, 1.165) is 5.56 Å². The fourth-order valence-electron chi connectivity index (χ4n) is 2.25. The van der Waals surface area contributed by atoms with Crippen molar-refractivity contribution in [2.45, 2.75) is 6.92 Å². The SMILES string of the molecule is Cc1ccoc1C(=O)N1C[C@@H](CO)[C@H](CO)C1. The van der Waals surface area contributed by atoms with Gasteiger partial charge in [-0.2, -0.15) is 0 Å². The summed E-state index contributed by atoms with van der Waals surface area (Å²) in [7, 11) is 0. The molecule has 0 radical (unpaired) electrons. The highest BCUT2D eigenvalue weighted by Gasteiger charge is 2.35. The van der Waals surface area contributed by atoms with Crippen molar-refractivity contribution < 1.29 is 19.4 Å². The second-order valence-electron chi connectivity index (χ2n) is 4.53. The van der Waals surface area contributed by atoms with Crippen LogP contribution in [0.3, 0.4) is 0 Å². The number of aliphatic hydroxyl groups is 2. The molecule has 1 aliphatic rings. The summed E-state index contributed by atoms with van der Waals surface area (Å²) in [6.07, 6.45) is 1.49. The van der Waals surface area contributed by atoms with Crippen LogP contribution in [0.4, 0.5) is 0 Å². The fraction of sp³-hybridized carbons (Fsp3) is 0.583. The smallest absolute Gasteiger partial charge is 0.289 e. The zero-order valence-electron chi connectivity index (χ0n) is 9.80. The number of hydrogen-bond donors (Lipinski definition) is 2. The summed E-state index contributed by atoms with van der Waals surface area (Å²) in [6.45, 7) is 2.75. The van der Waals surface area contributed by atoms with Gasteiger partial charge in [0.2, 0.25) is 0 Å². The molecule has 2 rings (SSSR count). The van der Waals surface area contributed by atoms with Crippen molar-refractivity contribution in [3.8, 4) is 0 Å². The largest absolute Gasteiger partial charge is 0.459 e. The molecule has 1 aliphatic heterocycles. The number of aliphatic hydroxyl groups excluding tert-OH is 2. The van der Waals surface area contributed by atoms with Gasteiger partial charge in [0.1, 0.15) is 0 Å². The summed E-state index contributed by atoms with van der Waals surface area (Å²) in [5, 5.41) is 18.4. The highest BCUT2D eigenvalue weighted by molar-refractivity contribution is 5.93. The maximum atomic E-state index is 12.1. The first-order chi connectivity index (χ1) is 8.17. The Bertz CT molecular complexity index is 389. The number of carbonyl (C=O) groups is 1. The number of furan rings is 1. The van der Waals surface area contributed by atoms with E-state index in [1.807, 2.05) is 6.92 Å². The Hall–Kier alpha value is -1.33. The summed E-state index contributed by atoms with van der Waals surface area (Å²) in [6, 6.07) is 1.75. The van der Waals surface area contributed by atoms with Gasteiger partial charge in [-0.15, -0.1) is 0 Å². The van der Waals surface area contributed by atoms with Crippen LogP contribution in [0.25, 0.3) is 0 Å². The number of hydrogen-bond acceptors (Lipinski definition) is 4. The van der Waals surface area contributed by atoms with E-state index in [2.05, 4.69) is 0 Å². The third kappa shape index (κ3) is 2.21. The minimum atomic E-state index is -0.165. The zero-order valence-corrected chi connectivity index (χ0v) is 9.80. The highest BCUT2D eigenvalue weighted by atomic mass is 16.3. The molecule has 1 fully saturated rings. The van der Waals surface area contributed by atoms with E-state index in [9.17, 15) is 15.0 Å². The molecule has 2 atom stereocenters. The van der Waals surface area contributed by atoms with Crippen LogP contribution in [0.2, 0.25) is 0 Å². The molecule has 0 bridgehead atoms. The summed E-state index contributed by atoms with van der Waals surface area (Å²) >= 11 is 0. The van der Waals surface area contributed by atoms with E-state index in [-0.39, 0.29) is 31.0 Å². The third-order valence-electron chi connectivity index (χ3n) is 3.39. The molecule has 0 aliphatic carbocycles. The van der Waals surface area contributed by atoms with Crippen molar-refractivity contribution in [3.05, 3.63) is 23.7 Å². The Morgan fingerprint density at radius 2 is 2.00 bits per heavy atom. The van der Waals surface area contributed by atoms with Gasteiger partial charge in [-0.05, 0) is 13.0 Å². The van der Waals surface area contributed by atoms with Gasteiger partial charge in [-0.25, -0.2) is 0 Å². The number of rotatable bonds is 3. The van der Waals surface area contributed by atoms with E-state index in [1.54, 1.807) is 11.0 Å². The lowest BCUT2D eigenvalue weighted by atomic mass is 9.98. The van der Waals surface area contributed by atoms with Crippen molar-refractivity contribution in [3.63, 3.8) is 0 Å². The molecule has 17 heavy (non-hydrogen) atoms. The first kappa shape index (κ1) is 12.1. The maximum Gasteiger partial charge on any atom is 0.289 e. The summed E-state index contributed by atoms with van der Waals surface area (Å²) in [5.74, 6) is 0.0978. The van der Waals surface area contributed by atoms with Crippen LogP contribution < -0.4 is 0 Å². The molecule has 0 spiro atoms. The Morgan fingerprint density at radius 1 is 1.41 bits per heavy atom. The van der Waals surface area contributed by atoms with Crippen molar-refractivity contribution >= 4 is 5.91 Å². The second kappa shape index (κ2) is 4.89. The van der Waals surface area contributed by atoms with Gasteiger partial charge in [0, 0.05) is 43.7 Å². The van der Waals surface area contributed by atoms with Gasteiger partial charge in [-0.1, -0.05) is 0 Å². The first-order valence-electron chi connectivity index (χ1n) is 5.72. The molecule has 5 heteroatoms. The average Bonchev–Trinajstić information content (AvgIpc) is 2.93. The quantitative estimate of drug-likeness (QED) is 0.793. The molecule has 2 N–H and O–H groups in total. The minimum absolute atomic E-state index is 0.00779. The Labute approximate surface area is 99.6 Å². The topological polar surface area (TPSA) is 73.9 Å². The molecule has 1 aromatic rings. The molecular weight excluding hydrogens is 222 g/mol. The molecule has 0 saturated carbocycles. The maximum absolute atomic E-state index is 12.1. The lowest BCUT2D eigenvalue weighted by Gasteiger charge is -2.14. The number of nitrogens with zero attached hydrogens (tertiary/aromatic N) is 1. The van der Waals surface area contributed by atoms with Crippen molar-refractivity contribution in [2.24, 2.45) is 11.8 Å². The number of likely N-dealkylation sites (tertiary alicyclic amines) is 1. The van der Waals surface area contributed by atoms with Crippen LogP contribution in [0.1, 0.15) is 16.1 Å². The van der Waals surface area contributed by atoms with Crippen LogP contribution in [0.15, 0.2) is 16.7 Å². The zero-order chi connectivity index (χ0) is 12.4. The molecule has 1 aromatic heterocycles. The van der Waals surface area contributed by atoms with Gasteiger partial charge >= 0.3 is 0 Å². The number of carbonyl (C=O) groups excluding carboxylic acids is 1. The molecular formula is C12H17NO4. The lowest BCUT2D eigenvalue weighted by Crippen LogP contribution is -2.29. The second-order valence-corrected chi connectivity index (χ2v) is 4.53. The van der Waals surface area contributed by atoms with E-state index in [1.165, 1.54) is 6.26 Å². The predicted molar refractivity (Wildman–Crippen MR) is 60.5 cm³/mol. The van der Waals surface area contributed by atoms with E-state index >= 15 is 0 Å². The average molecular weight is 239 g/mol. The van der Waals surface area contributed by atoms with E-state index in [4.69, 9.17) is 4.42 Å². The van der Waals surface area contributed by atoms with Gasteiger partial charge in [0.25, 0.3) is 5.91 Å². The van der Waals surface area contributed by atoms with E-state index < -0.39 is 0 Å². The Balaban J connectivity index is 2.10. The first-order valence-corrected chi connectivity index (χ1v) is 5.72. The van der Waals surface area contributed by atoms with Crippen molar-refractivity contribution in [1.29, 1.82) is 0 Å². The van der Waals surface area contributed by atoms with Crippen LogP contribution in [-0.4, -0.2) is 47.3 Å². The molecule has 2 heterocycles. The summed E-state index contributed by atoms with van der Waals surface area (Å²) < 4.78 is 5.16. The van der Waals surface area contributed by atoms with Crippen molar-refractivity contribution in [1.82, 2.24) is 4.90 Å². The molecule has 1 saturated heterocycles.